The van der Waals surface area contributed by atoms with Gasteiger partial charge in [-0.15, -0.1) is 0 Å². The summed E-state index contributed by atoms with van der Waals surface area (Å²) in [5.41, 5.74) is 7.87. The van der Waals surface area contributed by atoms with Crippen LogP contribution < -0.4 is 5.73 Å². The van der Waals surface area contributed by atoms with Crippen LogP contribution in [0.1, 0.15) is 11.4 Å². The summed E-state index contributed by atoms with van der Waals surface area (Å²) in [4.78, 5) is 4.27. The molecule has 13 heavy (non-hydrogen) atoms. The summed E-state index contributed by atoms with van der Waals surface area (Å²) in [6, 6.07) is 3.59. The molecule has 0 aliphatic heterocycles. The van der Waals surface area contributed by atoms with E-state index < -0.39 is 0 Å². The third-order valence-electron chi connectivity index (χ3n) is 1.77. The molecule has 0 aliphatic carbocycles. The van der Waals surface area contributed by atoms with Crippen LogP contribution in [0.25, 0.3) is 5.65 Å². The van der Waals surface area contributed by atoms with Crippen LogP contribution in [0.3, 0.4) is 0 Å². The first-order valence-corrected chi connectivity index (χ1v) is 4.30. The molecule has 0 atom stereocenters. The highest BCUT2D eigenvalue weighted by atomic mass is 35.5. The summed E-state index contributed by atoms with van der Waals surface area (Å²) in [5.74, 6) is 0. The van der Waals surface area contributed by atoms with Crippen molar-refractivity contribution in [1.82, 2.24) is 14.6 Å². The summed E-state index contributed by atoms with van der Waals surface area (Å²) >= 11 is 5.96. The molecule has 0 fully saturated rings. The van der Waals surface area contributed by atoms with Crippen molar-refractivity contribution in [3.63, 3.8) is 0 Å². The summed E-state index contributed by atoms with van der Waals surface area (Å²) in [7, 11) is 0. The Labute approximate surface area is 80.3 Å². The van der Waals surface area contributed by atoms with Gasteiger partial charge in [-0.25, -0.2) is 9.50 Å². The van der Waals surface area contributed by atoms with Gasteiger partial charge in [0.05, 0.1) is 11.4 Å². The van der Waals surface area contributed by atoms with Gasteiger partial charge in [-0.2, -0.15) is 5.10 Å². The standard InChI is InChI=1S/C8H9ClN4/c1-5-2-8-11-6(4-10)3-7(9)13(8)12-5/h2-3H,4,10H2,1H3. The lowest BCUT2D eigenvalue weighted by Gasteiger charge is -1.99. The Morgan fingerprint density at radius 1 is 1.54 bits per heavy atom. The SMILES string of the molecule is Cc1cc2nc(CN)cc(Cl)n2n1. The van der Waals surface area contributed by atoms with Gasteiger partial charge < -0.3 is 5.73 Å². The maximum atomic E-state index is 5.96. The normalized spacial score (nSPS) is 11.0. The van der Waals surface area contributed by atoms with Crippen LogP contribution in [-0.2, 0) is 6.54 Å². The number of hydrogen-bond donors (Lipinski definition) is 1. The minimum Gasteiger partial charge on any atom is -0.325 e. The van der Waals surface area contributed by atoms with E-state index in [1.807, 2.05) is 13.0 Å². The highest BCUT2D eigenvalue weighted by molar-refractivity contribution is 6.29. The molecule has 2 rings (SSSR count). The fourth-order valence-electron chi connectivity index (χ4n) is 1.21. The van der Waals surface area contributed by atoms with Crippen LogP contribution in [0, 0.1) is 6.92 Å². The van der Waals surface area contributed by atoms with Gasteiger partial charge in [0, 0.05) is 12.6 Å². The maximum Gasteiger partial charge on any atom is 0.157 e. The Hall–Kier alpha value is -1.13. The third kappa shape index (κ3) is 1.38. The van der Waals surface area contributed by atoms with Gasteiger partial charge in [-0.1, -0.05) is 11.6 Å². The summed E-state index contributed by atoms with van der Waals surface area (Å²) in [5, 5.41) is 4.71. The molecule has 4 nitrogen and oxygen atoms in total. The predicted octanol–water partition coefficient (Wildman–Crippen LogP) is 1.15. The largest absolute Gasteiger partial charge is 0.325 e. The molecular weight excluding hydrogens is 188 g/mol. The van der Waals surface area contributed by atoms with E-state index in [0.717, 1.165) is 17.0 Å². The average Bonchev–Trinajstić information content (AvgIpc) is 2.46. The minimum atomic E-state index is 0.389. The van der Waals surface area contributed by atoms with Crippen molar-refractivity contribution in [2.24, 2.45) is 5.73 Å². The number of nitrogens with zero attached hydrogens (tertiary/aromatic N) is 3. The fraction of sp³-hybridized carbons (Fsp3) is 0.250. The van der Waals surface area contributed by atoms with Crippen LogP contribution in [0.4, 0.5) is 0 Å². The van der Waals surface area contributed by atoms with Crippen molar-refractivity contribution in [3.8, 4) is 0 Å². The van der Waals surface area contributed by atoms with E-state index in [2.05, 4.69) is 10.1 Å². The molecule has 5 heteroatoms. The van der Waals surface area contributed by atoms with Crippen LogP contribution in [0.5, 0.6) is 0 Å². The molecule has 0 aromatic carbocycles. The van der Waals surface area contributed by atoms with Crippen molar-refractivity contribution in [2.45, 2.75) is 13.5 Å². The van der Waals surface area contributed by atoms with Crippen molar-refractivity contribution < 1.29 is 0 Å². The summed E-state index contributed by atoms with van der Waals surface area (Å²) in [6.07, 6.45) is 0. The third-order valence-corrected chi connectivity index (χ3v) is 2.04. The fourth-order valence-corrected chi connectivity index (χ4v) is 1.46. The lowest BCUT2D eigenvalue weighted by atomic mass is 10.4. The van der Waals surface area contributed by atoms with Gasteiger partial charge in [0.15, 0.2) is 5.65 Å². The van der Waals surface area contributed by atoms with E-state index in [4.69, 9.17) is 17.3 Å². The molecule has 0 saturated carbocycles. The Balaban J connectivity index is 2.75. The number of aromatic nitrogens is 3. The second kappa shape index (κ2) is 2.97. The summed E-state index contributed by atoms with van der Waals surface area (Å²) in [6.45, 7) is 2.29. The van der Waals surface area contributed by atoms with E-state index in [9.17, 15) is 0 Å². The highest BCUT2D eigenvalue weighted by Crippen LogP contribution is 2.13. The van der Waals surface area contributed by atoms with E-state index >= 15 is 0 Å². The van der Waals surface area contributed by atoms with Crippen molar-refractivity contribution in [3.05, 3.63) is 28.7 Å². The first-order chi connectivity index (χ1) is 6.20. The molecule has 0 unspecified atom stereocenters. The van der Waals surface area contributed by atoms with E-state index in [1.165, 1.54) is 0 Å². The topological polar surface area (TPSA) is 56.2 Å². The maximum absolute atomic E-state index is 5.96. The second-order valence-electron chi connectivity index (χ2n) is 2.83. The number of hydrogen-bond acceptors (Lipinski definition) is 3. The zero-order valence-corrected chi connectivity index (χ0v) is 7.91. The molecule has 2 heterocycles. The van der Waals surface area contributed by atoms with Crippen molar-refractivity contribution in [2.75, 3.05) is 0 Å². The Morgan fingerprint density at radius 2 is 2.31 bits per heavy atom. The Bertz CT molecular complexity index is 449. The number of fused-ring (bicyclic) bond motifs is 1. The monoisotopic (exact) mass is 196 g/mol. The zero-order chi connectivity index (χ0) is 9.42. The van der Waals surface area contributed by atoms with Crippen LogP contribution >= 0.6 is 11.6 Å². The van der Waals surface area contributed by atoms with E-state index in [-0.39, 0.29) is 0 Å². The lowest BCUT2D eigenvalue weighted by molar-refractivity contribution is 0.890. The second-order valence-corrected chi connectivity index (χ2v) is 3.22. The molecule has 0 aliphatic rings. The van der Waals surface area contributed by atoms with Gasteiger partial charge in [-0.3, -0.25) is 0 Å². The Kier molecular flexibility index (Phi) is 1.94. The predicted molar refractivity (Wildman–Crippen MR) is 50.6 cm³/mol. The molecular formula is C8H9ClN4. The molecule has 2 aromatic rings. The van der Waals surface area contributed by atoms with E-state index in [0.29, 0.717) is 11.7 Å². The molecule has 68 valence electrons. The van der Waals surface area contributed by atoms with Gasteiger partial charge in [-0.05, 0) is 13.0 Å². The van der Waals surface area contributed by atoms with Crippen LogP contribution in [-0.4, -0.2) is 14.6 Å². The number of rotatable bonds is 1. The molecule has 0 bridgehead atoms. The van der Waals surface area contributed by atoms with Crippen LogP contribution in [0.2, 0.25) is 5.15 Å². The van der Waals surface area contributed by atoms with Crippen molar-refractivity contribution >= 4 is 17.2 Å². The molecule has 0 spiro atoms. The van der Waals surface area contributed by atoms with Gasteiger partial charge in [0.25, 0.3) is 0 Å². The Morgan fingerprint density at radius 3 is 3.00 bits per heavy atom. The van der Waals surface area contributed by atoms with Gasteiger partial charge in [0.1, 0.15) is 5.15 Å². The van der Waals surface area contributed by atoms with Gasteiger partial charge in [0.2, 0.25) is 0 Å². The lowest BCUT2D eigenvalue weighted by Crippen LogP contribution is -2.02. The first-order valence-electron chi connectivity index (χ1n) is 3.92. The molecule has 0 amide bonds. The molecule has 0 radical (unpaired) electrons. The highest BCUT2D eigenvalue weighted by Gasteiger charge is 2.04. The molecule has 2 N–H and O–H groups in total. The first kappa shape index (κ1) is 8.47. The van der Waals surface area contributed by atoms with E-state index in [1.54, 1.807) is 10.6 Å². The minimum absolute atomic E-state index is 0.389. The average molecular weight is 197 g/mol. The van der Waals surface area contributed by atoms with Crippen LogP contribution in [0.15, 0.2) is 12.1 Å². The smallest absolute Gasteiger partial charge is 0.157 e. The van der Waals surface area contributed by atoms with Gasteiger partial charge >= 0.3 is 0 Å². The number of aryl methyl sites for hydroxylation is 1. The molecule has 2 aromatic heterocycles. The number of nitrogens with two attached hydrogens (primary N) is 1. The van der Waals surface area contributed by atoms with Crippen molar-refractivity contribution in [1.29, 1.82) is 0 Å². The molecule has 0 saturated heterocycles. The quantitative estimate of drug-likeness (QED) is 0.697. The number of halogens is 1. The zero-order valence-electron chi connectivity index (χ0n) is 7.16. The summed E-state index contributed by atoms with van der Waals surface area (Å²) < 4.78 is 1.59.